The Labute approximate surface area is 169 Å². The molecule has 2 aromatic rings. The van der Waals surface area contributed by atoms with Gasteiger partial charge in [0.05, 0.1) is 13.7 Å². The van der Waals surface area contributed by atoms with E-state index in [9.17, 15) is 9.59 Å². The van der Waals surface area contributed by atoms with E-state index in [1.807, 2.05) is 35.7 Å². The summed E-state index contributed by atoms with van der Waals surface area (Å²) in [6.45, 7) is 4.42. The first-order valence-corrected chi connectivity index (χ1v) is 10.5. The summed E-state index contributed by atoms with van der Waals surface area (Å²) in [5.74, 6) is -0.520. The van der Waals surface area contributed by atoms with Crippen molar-refractivity contribution in [2.75, 3.05) is 45.2 Å². The molecule has 1 amide bonds. The Bertz CT molecular complexity index is 852. The molecule has 7 heteroatoms. The van der Waals surface area contributed by atoms with Gasteiger partial charge in [0.25, 0.3) is 0 Å². The molecule has 0 aliphatic carbocycles. The zero-order valence-electron chi connectivity index (χ0n) is 16.0. The van der Waals surface area contributed by atoms with Gasteiger partial charge in [-0.05, 0) is 24.9 Å². The Balaban J connectivity index is 1.47. The molecule has 0 radical (unpaired) electrons. The fraction of sp³-hybridized carbons (Fsp3) is 0.429. The Hall–Kier alpha value is -2.22. The average Bonchev–Trinajstić information content (AvgIpc) is 3.34. The second-order valence-corrected chi connectivity index (χ2v) is 8.21. The lowest BCUT2D eigenvalue weighted by Gasteiger charge is -2.37. The van der Waals surface area contributed by atoms with Crippen LogP contribution in [0.1, 0.15) is 23.2 Å². The average molecular weight is 400 g/mol. The van der Waals surface area contributed by atoms with Crippen LogP contribution >= 0.6 is 11.3 Å². The van der Waals surface area contributed by atoms with Crippen molar-refractivity contribution < 1.29 is 14.3 Å². The number of nitrogens with one attached hydrogen (secondary N) is 1. The van der Waals surface area contributed by atoms with Crippen molar-refractivity contribution in [1.82, 2.24) is 9.80 Å². The molecular weight excluding hydrogens is 374 g/mol. The van der Waals surface area contributed by atoms with Crippen molar-refractivity contribution in [2.45, 2.75) is 18.9 Å². The molecule has 3 heterocycles. The number of fused-ring (bicyclic) bond motifs is 1. The maximum Gasteiger partial charge on any atom is 0.341 e. The molecule has 2 saturated heterocycles. The molecule has 2 aliphatic heterocycles. The summed E-state index contributed by atoms with van der Waals surface area (Å²) in [5.41, 5.74) is 2.14. The van der Waals surface area contributed by atoms with Gasteiger partial charge in [-0.2, -0.15) is 0 Å². The fourth-order valence-electron chi connectivity index (χ4n) is 4.15. The van der Waals surface area contributed by atoms with Crippen molar-refractivity contribution in [3.8, 4) is 11.1 Å². The molecule has 1 unspecified atom stereocenters. The third kappa shape index (κ3) is 3.97. The molecule has 1 atom stereocenters. The van der Waals surface area contributed by atoms with Gasteiger partial charge in [-0.15, -0.1) is 11.3 Å². The maximum atomic E-state index is 12.7. The maximum absolute atomic E-state index is 12.7. The Morgan fingerprint density at radius 1 is 1.21 bits per heavy atom. The highest BCUT2D eigenvalue weighted by atomic mass is 32.1. The van der Waals surface area contributed by atoms with Crippen LogP contribution in [0.4, 0.5) is 5.00 Å². The quantitative estimate of drug-likeness (QED) is 0.784. The van der Waals surface area contributed by atoms with E-state index in [1.165, 1.54) is 37.8 Å². The smallest absolute Gasteiger partial charge is 0.341 e. The molecule has 0 saturated carbocycles. The van der Waals surface area contributed by atoms with Crippen LogP contribution in [0, 0.1) is 0 Å². The molecule has 1 aromatic heterocycles. The van der Waals surface area contributed by atoms with Gasteiger partial charge >= 0.3 is 5.97 Å². The topological polar surface area (TPSA) is 61.9 Å². The standard InChI is InChI=1S/C21H25N3O3S/c1-27-21(26)19-17(15-6-3-2-4-7-15)14-28-20(19)22-18(25)13-23-10-11-24-9-5-8-16(24)12-23/h2-4,6-7,14,16H,5,8-13H2,1H3,(H,22,25). The third-order valence-corrected chi connectivity index (χ3v) is 6.45. The highest BCUT2D eigenvalue weighted by Crippen LogP contribution is 2.36. The van der Waals surface area contributed by atoms with Crippen LogP contribution in [0.2, 0.25) is 0 Å². The molecule has 4 rings (SSSR count). The Kier molecular flexibility index (Phi) is 5.75. The van der Waals surface area contributed by atoms with E-state index < -0.39 is 5.97 Å². The summed E-state index contributed by atoms with van der Waals surface area (Å²) in [4.78, 5) is 29.8. The number of anilines is 1. The number of benzene rings is 1. The van der Waals surface area contributed by atoms with Gasteiger partial charge in [-0.25, -0.2) is 4.79 Å². The lowest BCUT2D eigenvalue weighted by molar-refractivity contribution is -0.117. The minimum absolute atomic E-state index is 0.0851. The Morgan fingerprint density at radius 3 is 2.82 bits per heavy atom. The summed E-state index contributed by atoms with van der Waals surface area (Å²) in [6.07, 6.45) is 2.47. The first kappa shape index (κ1) is 19.1. The van der Waals surface area contributed by atoms with E-state index in [2.05, 4.69) is 15.1 Å². The number of methoxy groups -OCH3 is 1. The van der Waals surface area contributed by atoms with Crippen molar-refractivity contribution >= 4 is 28.2 Å². The molecule has 148 valence electrons. The number of nitrogens with zero attached hydrogens (tertiary/aromatic N) is 2. The number of hydrogen-bond acceptors (Lipinski definition) is 6. The number of carbonyl (C=O) groups excluding carboxylic acids is 2. The van der Waals surface area contributed by atoms with E-state index in [-0.39, 0.29) is 5.91 Å². The molecule has 1 N–H and O–H groups in total. The van der Waals surface area contributed by atoms with Crippen LogP contribution in [-0.4, -0.2) is 67.6 Å². The van der Waals surface area contributed by atoms with Crippen LogP contribution in [0.25, 0.3) is 11.1 Å². The first-order chi connectivity index (χ1) is 13.7. The molecular formula is C21H25N3O3S. The second kappa shape index (κ2) is 8.43. The number of thiophene rings is 1. The predicted molar refractivity (Wildman–Crippen MR) is 111 cm³/mol. The van der Waals surface area contributed by atoms with Gasteiger partial charge in [0.2, 0.25) is 5.91 Å². The summed E-state index contributed by atoms with van der Waals surface area (Å²) < 4.78 is 4.98. The van der Waals surface area contributed by atoms with E-state index in [0.717, 1.165) is 30.8 Å². The number of piperazine rings is 1. The number of hydrogen-bond donors (Lipinski definition) is 1. The highest BCUT2D eigenvalue weighted by Gasteiger charge is 2.31. The van der Waals surface area contributed by atoms with Gasteiger partial charge in [-0.3, -0.25) is 14.6 Å². The van der Waals surface area contributed by atoms with E-state index >= 15 is 0 Å². The minimum Gasteiger partial charge on any atom is -0.465 e. The van der Waals surface area contributed by atoms with Crippen molar-refractivity contribution in [3.05, 3.63) is 41.3 Å². The minimum atomic E-state index is -0.435. The summed E-state index contributed by atoms with van der Waals surface area (Å²) in [6, 6.07) is 10.3. The first-order valence-electron chi connectivity index (χ1n) is 9.67. The number of esters is 1. The van der Waals surface area contributed by atoms with Crippen LogP contribution in [-0.2, 0) is 9.53 Å². The van der Waals surface area contributed by atoms with Gasteiger partial charge in [-0.1, -0.05) is 30.3 Å². The molecule has 0 bridgehead atoms. The lowest BCUT2D eigenvalue weighted by atomic mass is 10.0. The van der Waals surface area contributed by atoms with Crippen molar-refractivity contribution in [2.24, 2.45) is 0 Å². The lowest BCUT2D eigenvalue weighted by Crippen LogP contribution is -2.51. The zero-order chi connectivity index (χ0) is 19.5. The second-order valence-electron chi connectivity index (χ2n) is 7.33. The fourth-order valence-corrected chi connectivity index (χ4v) is 5.13. The molecule has 1 aromatic carbocycles. The number of ether oxygens (including phenoxy) is 1. The number of amides is 1. The summed E-state index contributed by atoms with van der Waals surface area (Å²) in [7, 11) is 1.36. The SMILES string of the molecule is COC(=O)c1c(-c2ccccc2)csc1NC(=O)CN1CCN2CCCC2C1. The zero-order valence-corrected chi connectivity index (χ0v) is 16.8. The molecule has 2 fully saturated rings. The molecule has 6 nitrogen and oxygen atoms in total. The van der Waals surface area contributed by atoms with E-state index in [0.29, 0.717) is 23.2 Å². The summed E-state index contributed by atoms with van der Waals surface area (Å²) in [5, 5.41) is 5.39. The van der Waals surface area contributed by atoms with Gasteiger partial charge in [0.15, 0.2) is 0 Å². The highest BCUT2D eigenvalue weighted by molar-refractivity contribution is 7.15. The number of rotatable bonds is 5. The normalized spacial score (nSPS) is 20.0. The largest absolute Gasteiger partial charge is 0.465 e. The van der Waals surface area contributed by atoms with Gasteiger partial charge < -0.3 is 10.1 Å². The van der Waals surface area contributed by atoms with Crippen LogP contribution in [0.3, 0.4) is 0 Å². The van der Waals surface area contributed by atoms with E-state index in [4.69, 9.17) is 4.74 Å². The molecule has 2 aliphatic rings. The molecule has 28 heavy (non-hydrogen) atoms. The predicted octanol–water partition coefficient (Wildman–Crippen LogP) is 2.92. The molecule has 0 spiro atoms. The third-order valence-electron chi connectivity index (χ3n) is 5.56. The van der Waals surface area contributed by atoms with E-state index in [1.54, 1.807) is 0 Å². The summed E-state index contributed by atoms with van der Waals surface area (Å²) >= 11 is 1.36. The van der Waals surface area contributed by atoms with Crippen molar-refractivity contribution in [1.29, 1.82) is 0 Å². The monoisotopic (exact) mass is 399 g/mol. The van der Waals surface area contributed by atoms with Crippen molar-refractivity contribution in [3.63, 3.8) is 0 Å². The Morgan fingerprint density at radius 2 is 2.04 bits per heavy atom. The van der Waals surface area contributed by atoms with Gasteiger partial charge in [0, 0.05) is 36.6 Å². The van der Waals surface area contributed by atoms with Gasteiger partial charge in [0.1, 0.15) is 10.6 Å². The van der Waals surface area contributed by atoms with Crippen LogP contribution < -0.4 is 5.32 Å². The van der Waals surface area contributed by atoms with Crippen LogP contribution in [0.15, 0.2) is 35.7 Å². The number of carbonyl (C=O) groups is 2. The van der Waals surface area contributed by atoms with Crippen LogP contribution in [0.5, 0.6) is 0 Å².